The number of rotatable bonds is 7. The number of nitrogens with zero attached hydrogens (tertiary/aromatic N) is 2. The number of amides is 1. The minimum Gasteiger partial charge on any atom is -0.355 e. The lowest BCUT2D eigenvalue weighted by molar-refractivity contribution is -0.121. The Morgan fingerprint density at radius 3 is 2.55 bits per heavy atom. The number of halogens is 1. The molecule has 0 fully saturated rings. The zero-order valence-corrected chi connectivity index (χ0v) is 19.0. The SMILES string of the molecule is C=C/C(C#N)=C(\C(F)=C/C)c1cc(Nc2ccc(C(C)(C)C(C)=O)cc2)c2c(n1)CNC2=O. The molecule has 0 atom stereocenters. The highest BCUT2D eigenvalue weighted by molar-refractivity contribution is 6.04. The monoisotopic (exact) mass is 444 g/mol. The first-order chi connectivity index (χ1) is 15.6. The van der Waals surface area contributed by atoms with Gasteiger partial charge >= 0.3 is 0 Å². The van der Waals surface area contributed by atoms with Gasteiger partial charge in [-0.1, -0.05) is 30.9 Å². The minimum atomic E-state index is -0.619. The zero-order valence-electron chi connectivity index (χ0n) is 19.0. The number of Topliss-reactive ketones (excluding diaryl/α,β-unsaturated/α-hetero) is 1. The molecule has 3 rings (SSSR count). The van der Waals surface area contributed by atoms with Gasteiger partial charge in [0.2, 0.25) is 0 Å². The predicted octanol–water partition coefficient (Wildman–Crippen LogP) is 5.27. The first-order valence-electron chi connectivity index (χ1n) is 10.4. The van der Waals surface area contributed by atoms with Crippen LogP contribution in [0.15, 0.2) is 60.5 Å². The number of carbonyl (C=O) groups is 2. The van der Waals surface area contributed by atoms with Gasteiger partial charge in [-0.2, -0.15) is 5.26 Å². The molecule has 168 valence electrons. The maximum Gasteiger partial charge on any atom is 0.255 e. The van der Waals surface area contributed by atoms with Crippen molar-refractivity contribution >= 4 is 28.6 Å². The van der Waals surface area contributed by atoms with Crippen LogP contribution >= 0.6 is 0 Å². The Bertz CT molecular complexity index is 1250. The molecule has 6 nitrogen and oxygen atoms in total. The second-order valence-corrected chi connectivity index (χ2v) is 8.18. The molecule has 1 aromatic heterocycles. The summed E-state index contributed by atoms with van der Waals surface area (Å²) in [6.07, 6.45) is 2.52. The number of hydrogen-bond acceptors (Lipinski definition) is 5. The third-order valence-corrected chi connectivity index (χ3v) is 5.85. The van der Waals surface area contributed by atoms with Gasteiger partial charge in [0.1, 0.15) is 11.6 Å². The largest absolute Gasteiger partial charge is 0.355 e. The fraction of sp³-hybridized carbons (Fsp3) is 0.231. The molecule has 7 heteroatoms. The van der Waals surface area contributed by atoms with Crippen molar-refractivity contribution in [3.05, 3.63) is 83.0 Å². The van der Waals surface area contributed by atoms with E-state index in [4.69, 9.17) is 0 Å². The number of benzene rings is 1. The van der Waals surface area contributed by atoms with Crippen molar-refractivity contribution in [3.63, 3.8) is 0 Å². The number of anilines is 2. The fourth-order valence-corrected chi connectivity index (χ4v) is 3.52. The standard InChI is InChI=1S/C26H25FN4O2/c1-6-16(13-28)23(19(27)7-2)20-12-21(24-22(31-20)14-29-25(24)33)30-18-10-8-17(9-11-18)26(4,5)15(3)32/h6-12H,1,14H2,2-5H3,(H,29,33)(H,30,31)/b19-7+,23-16-. The molecule has 2 N–H and O–H groups in total. The van der Waals surface area contributed by atoms with Gasteiger partial charge in [-0.3, -0.25) is 9.59 Å². The minimum absolute atomic E-state index is 0.0127. The molecule has 2 aromatic rings. The second kappa shape index (κ2) is 9.21. The van der Waals surface area contributed by atoms with Crippen LogP contribution in [-0.4, -0.2) is 16.7 Å². The van der Waals surface area contributed by atoms with Crippen LogP contribution in [-0.2, 0) is 16.8 Å². The van der Waals surface area contributed by atoms with Crippen LogP contribution < -0.4 is 10.6 Å². The molecule has 1 aromatic carbocycles. The third-order valence-electron chi connectivity index (χ3n) is 5.85. The quantitative estimate of drug-likeness (QED) is 0.448. The average Bonchev–Trinajstić information content (AvgIpc) is 3.17. The number of ketones is 1. The normalized spacial score (nSPS) is 14.1. The number of nitriles is 1. The summed E-state index contributed by atoms with van der Waals surface area (Å²) in [7, 11) is 0. The molecular formula is C26H25FN4O2. The van der Waals surface area contributed by atoms with Crippen LogP contribution in [0.5, 0.6) is 0 Å². The van der Waals surface area contributed by atoms with Gasteiger partial charge in [0, 0.05) is 11.1 Å². The Hall–Kier alpha value is -4.05. The Balaban J connectivity index is 2.12. The third kappa shape index (κ3) is 4.46. The lowest BCUT2D eigenvalue weighted by atomic mass is 9.81. The number of pyridine rings is 1. The molecule has 1 amide bonds. The van der Waals surface area contributed by atoms with E-state index in [-0.39, 0.29) is 35.1 Å². The molecule has 0 aliphatic carbocycles. The summed E-state index contributed by atoms with van der Waals surface area (Å²) < 4.78 is 14.7. The van der Waals surface area contributed by atoms with Crippen LogP contribution in [0, 0.1) is 11.3 Å². The highest BCUT2D eigenvalue weighted by atomic mass is 19.1. The van der Waals surface area contributed by atoms with Crippen molar-refractivity contribution < 1.29 is 14.0 Å². The van der Waals surface area contributed by atoms with E-state index in [0.29, 0.717) is 22.6 Å². The maximum atomic E-state index is 14.7. The number of aromatic nitrogens is 1. The smallest absolute Gasteiger partial charge is 0.255 e. The Kier molecular flexibility index (Phi) is 6.59. The van der Waals surface area contributed by atoms with Gasteiger partial charge in [0.15, 0.2) is 0 Å². The van der Waals surface area contributed by atoms with E-state index in [0.717, 1.165) is 5.56 Å². The molecule has 0 radical (unpaired) electrons. The molecule has 1 aliphatic rings. The van der Waals surface area contributed by atoms with Crippen molar-refractivity contribution in [1.29, 1.82) is 5.26 Å². The Labute approximate surface area is 192 Å². The van der Waals surface area contributed by atoms with E-state index >= 15 is 0 Å². The predicted molar refractivity (Wildman–Crippen MR) is 126 cm³/mol. The molecule has 0 saturated carbocycles. The summed E-state index contributed by atoms with van der Waals surface area (Å²) in [6, 6.07) is 10.8. The summed E-state index contributed by atoms with van der Waals surface area (Å²) in [4.78, 5) is 28.9. The van der Waals surface area contributed by atoms with Crippen LogP contribution in [0.1, 0.15) is 55.0 Å². The van der Waals surface area contributed by atoms with Gasteiger partial charge < -0.3 is 10.6 Å². The van der Waals surface area contributed by atoms with Crippen LogP contribution in [0.2, 0.25) is 0 Å². The Morgan fingerprint density at radius 1 is 1.33 bits per heavy atom. The second-order valence-electron chi connectivity index (χ2n) is 8.18. The van der Waals surface area contributed by atoms with Gasteiger partial charge in [0.05, 0.1) is 46.4 Å². The molecule has 2 heterocycles. The molecule has 0 bridgehead atoms. The maximum absolute atomic E-state index is 14.7. The number of hydrogen-bond donors (Lipinski definition) is 2. The van der Waals surface area contributed by atoms with E-state index in [1.165, 1.54) is 19.1 Å². The van der Waals surface area contributed by atoms with E-state index in [9.17, 15) is 19.2 Å². The van der Waals surface area contributed by atoms with Gasteiger partial charge in [-0.15, -0.1) is 0 Å². The van der Waals surface area contributed by atoms with Crippen molar-refractivity contribution in [2.24, 2.45) is 0 Å². The molecule has 1 aliphatic heterocycles. The van der Waals surface area contributed by atoms with Crippen LogP contribution in [0.25, 0.3) is 5.57 Å². The van der Waals surface area contributed by atoms with E-state index < -0.39 is 11.2 Å². The molecule has 0 unspecified atom stereocenters. The van der Waals surface area contributed by atoms with Crippen molar-refractivity contribution in [3.8, 4) is 6.07 Å². The van der Waals surface area contributed by atoms with E-state index in [1.54, 1.807) is 13.0 Å². The van der Waals surface area contributed by atoms with E-state index in [2.05, 4.69) is 22.2 Å². The molecule has 0 saturated heterocycles. The number of carbonyl (C=O) groups excluding carboxylic acids is 2. The molecule has 0 spiro atoms. The zero-order chi connectivity index (χ0) is 24.3. The highest BCUT2D eigenvalue weighted by Crippen LogP contribution is 2.34. The number of nitrogens with one attached hydrogen (secondary N) is 2. The van der Waals surface area contributed by atoms with Crippen molar-refractivity contribution in [1.82, 2.24) is 10.3 Å². The number of fused-ring (bicyclic) bond motifs is 1. The summed E-state index contributed by atoms with van der Waals surface area (Å²) >= 11 is 0. The lowest BCUT2D eigenvalue weighted by Gasteiger charge is -2.22. The first-order valence-corrected chi connectivity index (χ1v) is 10.4. The first kappa shape index (κ1) is 23.6. The van der Waals surface area contributed by atoms with Crippen molar-refractivity contribution in [2.75, 3.05) is 5.32 Å². The topological polar surface area (TPSA) is 94.9 Å². The number of allylic oxidation sites excluding steroid dienone is 5. The Morgan fingerprint density at radius 2 is 2.00 bits per heavy atom. The van der Waals surface area contributed by atoms with Crippen LogP contribution in [0.4, 0.5) is 15.8 Å². The summed E-state index contributed by atoms with van der Waals surface area (Å²) in [6.45, 7) is 10.6. The van der Waals surface area contributed by atoms with Gasteiger partial charge in [0.25, 0.3) is 5.91 Å². The summed E-state index contributed by atoms with van der Waals surface area (Å²) in [5.41, 5.74) is 2.45. The van der Waals surface area contributed by atoms with Crippen LogP contribution in [0.3, 0.4) is 0 Å². The summed E-state index contributed by atoms with van der Waals surface area (Å²) in [5, 5.41) is 15.4. The van der Waals surface area contributed by atoms with Crippen molar-refractivity contribution in [2.45, 2.75) is 39.7 Å². The van der Waals surface area contributed by atoms with Gasteiger partial charge in [-0.05, 0) is 51.5 Å². The van der Waals surface area contributed by atoms with Gasteiger partial charge in [-0.25, -0.2) is 9.37 Å². The molecular weight excluding hydrogens is 419 g/mol. The fourth-order valence-electron chi connectivity index (χ4n) is 3.52. The highest BCUT2D eigenvalue weighted by Gasteiger charge is 2.28. The molecule has 33 heavy (non-hydrogen) atoms. The van der Waals surface area contributed by atoms with E-state index in [1.807, 2.05) is 44.2 Å². The summed E-state index contributed by atoms with van der Waals surface area (Å²) in [5.74, 6) is -0.850. The lowest BCUT2D eigenvalue weighted by Crippen LogP contribution is -2.26. The average molecular weight is 445 g/mol.